The molecule has 1 aromatic heterocycles. The van der Waals surface area contributed by atoms with E-state index in [4.69, 9.17) is 16.3 Å². The monoisotopic (exact) mass is 437 g/mol. The molecule has 0 spiro atoms. The third-order valence-electron chi connectivity index (χ3n) is 5.21. The number of hydrogen-bond acceptors (Lipinski definition) is 7. The number of nitrogens with one attached hydrogen (secondary N) is 2. The zero-order valence-corrected chi connectivity index (χ0v) is 16.3. The molecular weight excluding hydrogens is 421 g/mol. The fraction of sp³-hybridized carbons (Fsp3) is 0.389. The van der Waals surface area contributed by atoms with Gasteiger partial charge in [0.15, 0.2) is 0 Å². The van der Waals surface area contributed by atoms with Gasteiger partial charge >= 0.3 is 13.3 Å². The Morgan fingerprint density at radius 1 is 1.33 bits per heavy atom. The summed E-state index contributed by atoms with van der Waals surface area (Å²) in [5.74, 6) is -0.815. The van der Waals surface area contributed by atoms with Gasteiger partial charge in [0.1, 0.15) is 11.4 Å². The van der Waals surface area contributed by atoms with E-state index in [9.17, 15) is 23.5 Å². The fourth-order valence-electron chi connectivity index (χ4n) is 3.75. The van der Waals surface area contributed by atoms with Gasteiger partial charge < -0.3 is 20.3 Å². The molecule has 3 N–H and O–H groups in total. The number of halogens is 4. The van der Waals surface area contributed by atoms with Crippen LogP contribution < -0.4 is 16.1 Å². The Balaban J connectivity index is 1.63. The van der Waals surface area contributed by atoms with Crippen molar-refractivity contribution in [3.05, 3.63) is 34.5 Å². The molecule has 1 saturated carbocycles. The van der Waals surface area contributed by atoms with Crippen molar-refractivity contribution in [1.82, 2.24) is 9.97 Å². The van der Waals surface area contributed by atoms with Crippen molar-refractivity contribution >= 4 is 41.6 Å². The molecule has 156 valence electrons. The maximum atomic E-state index is 13.4. The molecule has 0 bridgehead atoms. The third-order valence-corrected chi connectivity index (χ3v) is 5.53. The summed E-state index contributed by atoms with van der Waals surface area (Å²) in [6.07, 6.45) is -1.96. The van der Waals surface area contributed by atoms with E-state index >= 15 is 0 Å². The number of aromatic nitrogens is 2. The summed E-state index contributed by atoms with van der Waals surface area (Å²) in [5, 5.41) is 24.9. The average molecular weight is 438 g/mol. The largest absolute Gasteiger partial charge is 0.493 e. The standard InChI is InChI=1S/C18H16BClF3N5O2/c20-13-5-11(4-10-8-30-19(29)15(10)13)26-17-25-7-12(18(21,22)23)16(28-17)27-14-3-1-2-9(14)6-24/h4-5,7,9,14,29H,1-3,8H2,(H2,25,26,27,28)/t9-,14?/m1/s1. The van der Waals surface area contributed by atoms with Crippen molar-refractivity contribution in [3.8, 4) is 6.07 Å². The van der Waals surface area contributed by atoms with Crippen molar-refractivity contribution in [3.63, 3.8) is 0 Å². The fourth-order valence-corrected chi connectivity index (χ4v) is 4.08. The number of nitrogens with zero attached hydrogens (tertiary/aromatic N) is 3. The molecular formula is C18H16BClF3N5O2. The van der Waals surface area contributed by atoms with Crippen molar-refractivity contribution < 1.29 is 22.8 Å². The number of fused-ring (bicyclic) bond motifs is 1. The van der Waals surface area contributed by atoms with Crippen LogP contribution >= 0.6 is 11.6 Å². The van der Waals surface area contributed by atoms with Gasteiger partial charge in [0.05, 0.1) is 18.6 Å². The van der Waals surface area contributed by atoms with E-state index in [1.807, 2.05) is 0 Å². The summed E-state index contributed by atoms with van der Waals surface area (Å²) in [4.78, 5) is 7.80. The predicted octanol–water partition coefficient (Wildman–Crippen LogP) is 3.21. The highest BCUT2D eigenvalue weighted by Crippen LogP contribution is 2.36. The number of anilines is 3. The predicted molar refractivity (Wildman–Crippen MR) is 105 cm³/mol. The Morgan fingerprint density at radius 2 is 2.13 bits per heavy atom. The van der Waals surface area contributed by atoms with Crippen LogP contribution in [-0.2, 0) is 17.4 Å². The lowest BCUT2D eigenvalue weighted by molar-refractivity contribution is -0.137. The third kappa shape index (κ3) is 4.03. The molecule has 7 nitrogen and oxygen atoms in total. The zero-order chi connectivity index (χ0) is 21.5. The number of hydrogen-bond donors (Lipinski definition) is 3. The Hall–Kier alpha value is -2.55. The number of alkyl halides is 3. The Kier molecular flexibility index (Phi) is 5.49. The van der Waals surface area contributed by atoms with Gasteiger partial charge in [-0.1, -0.05) is 11.6 Å². The molecule has 1 aromatic carbocycles. The summed E-state index contributed by atoms with van der Waals surface area (Å²) < 4.78 is 45.4. The second-order valence-corrected chi connectivity index (χ2v) is 7.60. The van der Waals surface area contributed by atoms with Crippen LogP contribution in [0, 0.1) is 17.2 Å². The van der Waals surface area contributed by atoms with E-state index < -0.39 is 24.9 Å². The quantitative estimate of drug-likeness (QED) is 0.631. The highest BCUT2D eigenvalue weighted by molar-refractivity contribution is 6.65. The maximum absolute atomic E-state index is 13.4. The molecule has 2 aliphatic rings. The number of benzene rings is 1. The second kappa shape index (κ2) is 7.94. The van der Waals surface area contributed by atoms with Gasteiger partial charge in [-0.05, 0) is 37.0 Å². The highest BCUT2D eigenvalue weighted by atomic mass is 35.5. The molecule has 0 radical (unpaired) electrons. The topological polar surface area (TPSA) is 103 Å². The second-order valence-electron chi connectivity index (χ2n) is 7.19. The molecule has 1 aliphatic heterocycles. The van der Waals surface area contributed by atoms with Crippen molar-refractivity contribution in [2.75, 3.05) is 10.6 Å². The lowest BCUT2D eigenvalue weighted by atomic mass is 9.79. The summed E-state index contributed by atoms with van der Waals surface area (Å²) in [7, 11) is -1.11. The smallest absolute Gasteiger partial charge is 0.423 e. The first-order valence-corrected chi connectivity index (χ1v) is 9.63. The van der Waals surface area contributed by atoms with Crippen LogP contribution in [0.2, 0.25) is 5.02 Å². The first-order valence-electron chi connectivity index (χ1n) is 9.25. The summed E-state index contributed by atoms with van der Waals surface area (Å²) >= 11 is 6.19. The van der Waals surface area contributed by atoms with Crippen molar-refractivity contribution in [2.24, 2.45) is 5.92 Å². The van der Waals surface area contributed by atoms with Crippen molar-refractivity contribution in [2.45, 2.75) is 38.1 Å². The number of rotatable bonds is 4. The first kappa shape index (κ1) is 20.7. The molecule has 2 atom stereocenters. The zero-order valence-electron chi connectivity index (χ0n) is 15.5. The molecule has 12 heteroatoms. The number of nitriles is 1. The van der Waals surface area contributed by atoms with Gasteiger partial charge in [-0.3, -0.25) is 0 Å². The normalized spacial score (nSPS) is 20.7. The van der Waals surface area contributed by atoms with Crippen LogP contribution in [0.25, 0.3) is 0 Å². The Morgan fingerprint density at radius 3 is 2.87 bits per heavy atom. The van der Waals surface area contributed by atoms with Gasteiger partial charge in [0.25, 0.3) is 0 Å². The van der Waals surface area contributed by atoms with Crippen LogP contribution in [0.4, 0.5) is 30.6 Å². The Labute approximate surface area is 175 Å². The first-order chi connectivity index (χ1) is 14.3. The van der Waals surface area contributed by atoms with E-state index in [0.29, 0.717) is 35.8 Å². The molecule has 1 aliphatic carbocycles. The lowest BCUT2D eigenvalue weighted by Crippen LogP contribution is -2.29. The highest BCUT2D eigenvalue weighted by Gasteiger charge is 2.37. The van der Waals surface area contributed by atoms with Gasteiger partial charge in [0, 0.05) is 28.4 Å². The summed E-state index contributed by atoms with van der Waals surface area (Å²) in [6.45, 7) is 0.156. The van der Waals surface area contributed by atoms with Crippen molar-refractivity contribution in [1.29, 1.82) is 5.26 Å². The van der Waals surface area contributed by atoms with E-state index in [1.54, 1.807) is 6.07 Å². The molecule has 1 unspecified atom stereocenters. The minimum atomic E-state index is -4.65. The van der Waals surface area contributed by atoms with Crippen LogP contribution in [0.15, 0.2) is 18.3 Å². The van der Waals surface area contributed by atoms with Gasteiger partial charge in [0.2, 0.25) is 5.95 Å². The van der Waals surface area contributed by atoms with Gasteiger partial charge in [-0.15, -0.1) is 0 Å². The lowest BCUT2D eigenvalue weighted by Gasteiger charge is -2.20. The van der Waals surface area contributed by atoms with E-state index in [1.165, 1.54) is 6.07 Å². The van der Waals surface area contributed by atoms with Crippen LogP contribution in [0.3, 0.4) is 0 Å². The molecule has 30 heavy (non-hydrogen) atoms. The summed E-state index contributed by atoms with van der Waals surface area (Å²) in [5.41, 5.74) is 0.561. The van der Waals surface area contributed by atoms with Crippen LogP contribution in [0.1, 0.15) is 30.4 Å². The maximum Gasteiger partial charge on any atom is 0.493 e. The van der Waals surface area contributed by atoms with Crippen LogP contribution in [0.5, 0.6) is 0 Å². The molecule has 0 saturated heterocycles. The SMILES string of the molecule is N#C[C@H]1CCCC1Nc1nc(Nc2cc(Cl)c3c(c2)COB3O)ncc1C(F)(F)F. The molecule has 0 amide bonds. The minimum Gasteiger partial charge on any atom is -0.423 e. The van der Waals surface area contributed by atoms with Gasteiger partial charge in [-0.25, -0.2) is 4.98 Å². The average Bonchev–Trinajstić information content (AvgIpc) is 3.27. The molecule has 2 aromatic rings. The summed E-state index contributed by atoms with van der Waals surface area (Å²) in [6, 6.07) is 4.89. The molecule has 1 fully saturated rings. The van der Waals surface area contributed by atoms with Gasteiger partial charge in [-0.2, -0.15) is 23.4 Å². The molecule has 4 rings (SSSR count). The Bertz CT molecular complexity index is 1020. The van der Waals surface area contributed by atoms with E-state index in [0.717, 1.165) is 6.42 Å². The van der Waals surface area contributed by atoms with E-state index in [2.05, 4.69) is 26.7 Å². The molecule has 2 heterocycles. The van der Waals surface area contributed by atoms with Crippen LogP contribution in [-0.4, -0.2) is 28.2 Å². The van der Waals surface area contributed by atoms with E-state index in [-0.39, 0.29) is 29.3 Å². The minimum absolute atomic E-state index is 0.0625.